The minimum atomic E-state index is 0.294. The maximum absolute atomic E-state index is 9.45. The standard InChI is InChI=1S/C13H12N12/c1-7-9(3-14)11(25(23-7)13-16-4-15-5-17-13)21-19-10-8(2)22-24-6-18-20-12(10)24/h4-6,19,21-22H,1-2H3. The number of hydrogen-bond donors (Lipinski definition) is 3. The largest absolute Gasteiger partial charge is 0.294 e. The van der Waals surface area contributed by atoms with Gasteiger partial charge < -0.3 is 0 Å². The summed E-state index contributed by atoms with van der Waals surface area (Å²) in [5.41, 5.74) is 9.13. The Kier molecular flexibility index (Phi) is 3.24. The second kappa shape index (κ2) is 5.57. The van der Waals surface area contributed by atoms with Crippen LogP contribution in [0.2, 0.25) is 0 Å². The molecule has 4 rings (SSSR count). The van der Waals surface area contributed by atoms with Gasteiger partial charge in [-0.1, -0.05) is 0 Å². The highest BCUT2D eigenvalue weighted by molar-refractivity contribution is 5.72. The molecule has 12 heteroatoms. The number of aryl methyl sites for hydroxylation is 2. The van der Waals surface area contributed by atoms with E-state index in [0.29, 0.717) is 34.4 Å². The molecule has 0 atom stereocenters. The first-order valence-corrected chi connectivity index (χ1v) is 7.21. The number of aromatic nitrogens is 9. The van der Waals surface area contributed by atoms with Crippen molar-refractivity contribution in [2.75, 3.05) is 10.9 Å². The lowest BCUT2D eigenvalue weighted by Crippen LogP contribution is -2.15. The smallest absolute Gasteiger partial charge is 0.255 e. The summed E-state index contributed by atoms with van der Waals surface area (Å²) in [7, 11) is 0. The van der Waals surface area contributed by atoms with E-state index in [-0.39, 0.29) is 0 Å². The summed E-state index contributed by atoms with van der Waals surface area (Å²) >= 11 is 0. The molecule has 4 aromatic heterocycles. The zero-order valence-electron chi connectivity index (χ0n) is 13.3. The van der Waals surface area contributed by atoms with Crippen LogP contribution in [0.3, 0.4) is 0 Å². The van der Waals surface area contributed by atoms with Crippen LogP contribution in [0.4, 0.5) is 11.5 Å². The Morgan fingerprint density at radius 2 is 2.00 bits per heavy atom. The number of nitrogens with one attached hydrogen (secondary N) is 3. The summed E-state index contributed by atoms with van der Waals surface area (Å²) in [5.74, 6) is 0.701. The number of aromatic amines is 1. The van der Waals surface area contributed by atoms with Crippen molar-refractivity contribution >= 4 is 17.2 Å². The van der Waals surface area contributed by atoms with Crippen molar-refractivity contribution in [3.05, 3.63) is 35.9 Å². The quantitative estimate of drug-likeness (QED) is 0.448. The third kappa shape index (κ3) is 2.30. The van der Waals surface area contributed by atoms with Crippen LogP contribution in [0.25, 0.3) is 11.6 Å². The van der Waals surface area contributed by atoms with Crippen LogP contribution in [0.5, 0.6) is 0 Å². The lowest BCUT2D eigenvalue weighted by Gasteiger charge is -2.10. The molecule has 0 aromatic carbocycles. The van der Waals surface area contributed by atoms with E-state index in [0.717, 1.165) is 5.69 Å². The zero-order valence-corrected chi connectivity index (χ0v) is 13.3. The molecule has 0 saturated carbocycles. The Hall–Kier alpha value is -4.01. The molecule has 0 aliphatic heterocycles. The van der Waals surface area contributed by atoms with Gasteiger partial charge in [-0.3, -0.25) is 16.0 Å². The van der Waals surface area contributed by atoms with E-state index >= 15 is 0 Å². The van der Waals surface area contributed by atoms with E-state index in [1.807, 2.05) is 6.92 Å². The van der Waals surface area contributed by atoms with E-state index in [4.69, 9.17) is 0 Å². The topological polar surface area (TPSA) is 150 Å². The Labute approximate surface area is 140 Å². The molecular formula is C13H12N12. The summed E-state index contributed by atoms with van der Waals surface area (Å²) in [6.45, 7) is 3.62. The van der Waals surface area contributed by atoms with Gasteiger partial charge in [-0.05, 0) is 13.8 Å². The van der Waals surface area contributed by atoms with Gasteiger partial charge in [-0.15, -0.1) is 10.2 Å². The second-order valence-electron chi connectivity index (χ2n) is 5.16. The Bertz CT molecular complexity index is 1080. The first-order valence-electron chi connectivity index (χ1n) is 7.21. The van der Waals surface area contributed by atoms with Gasteiger partial charge in [-0.25, -0.2) is 9.50 Å². The molecule has 124 valence electrons. The Morgan fingerprint density at radius 3 is 2.76 bits per heavy atom. The van der Waals surface area contributed by atoms with Gasteiger partial charge >= 0.3 is 0 Å². The average Bonchev–Trinajstić information content (AvgIpc) is 3.27. The van der Waals surface area contributed by atoms with Gasteiger partial charge in [0.2, 0.25) is 5.65 Å². The summed E-state index contributed by atoms with van der Waals surface area (Å²) < 4.78 is 3.12. The SMILES string of the molecule is Cc1nn(-c2ncncn2)c(NNc2c(C)[nH]n3cnnc23)c1C#N. The number of rotatable bonds is 4. The molecule has 0 radical (unpaired) electrons. The van der Waals surface area contributed by atoms with Crippen LogP contribution in [0, 0.1) is 25.2 Å². The number of anilines is 2. The van der Waals surface area contributed by atoms with E-state index in [9.17, 15) is 5.26 Å². The van der Waals surface area contributed by atoms with Crippen molar-refractivity contribution in [1.29, 1.82) is 5.26 Å². The monoisotopic (exact) mass is 336 g/mol. The van der Waals surface area contributed by atoms with E-state index in [2.05, 4.69) is 52.3 Å². The summed E-state index contributed by atoms with van der Waals surface area (Å²) in [5, 5.41) is 24.7. The van der Waals surface area contributed by atoms with Crippen molar-refractivity contribution in [2.24, 2.45) is 0 Å². The van der Waals surface area contributed by atoms with Gasteiger partial charge in [-0.2, -0.15) is 25.0 Å². The predicted octanol–water partition coefficient (Wildman–Crippen LogP) is 0.356. The molecular weight excluding hydrogens is 324 g/mol. The van der Waals surface area contributed by atoms with Gasteiger partial charge in [0.15, 0.2) is 5.82 Å². The fraction of sp³-hybridized carbons (Fsp3) is 0.154. The van der Waals surface area contributed by atoms with Crippen LogP contribution in [-0.2, 0) is 0 Å². The lowest BCUT2D eigenvalue weighted by atomic mass is 10.3. The Morgan fingerprint density at radius 1 is 1.20 bits per heavy atom. The molecule has 0 spiro atoms. The summed E-state index contributed by atoms with van der Waals surface area (Å²) in [6.07, 6.45) is 4.28. The molecule has 4 aromatic rings. The normalized spacial score (nSPS) is 10.8. The van der Waals surface area contributed by atoms with Crippen LogP contribution < -0.4 is 10.9 Å². The summed E-state index contributed by atoms with van der Waals surface area (Å²) in [4.78, 5) is 11.9. The molecule has 0 bridgehead atoms. The zero-order chi connectivity index (χ0) is 17.4. The molecule has 0 fully saturated rings. The molecule has 25 heavy (non-hydrogen) atoms. The summed E-state index contributed by atoms with van der Waals surface area (Å²) in [6, 6.07) is 2.13. The molecule has 0 aliphatic rings. The second-order valence-corrected chi connectivity index (χ2v) is 5.16. The van der Waals surface area contributed by atoms with Gasteiger partial charge in [0.05, 0.1) is 11.4 Å². The molecule has 0 amide bonds. The van der Waals surface area contributed by atoms with E-state index in [1.54, 1.807) is 17.8 Å². The van der Waals surface area contributed by atoms with Gasteiger partial charge in [0.25, 0.3) is 5.95 Å². The van der Waals surface area contributed by atoms with Gasteiger partial charge in [0.1, 0.15) is 36.3 Å². The fourth-order valence-electron chi connectivity index (χ4n) is 2.43. The number of H-pyrrole nitrogens is 1. The first kappa shape index (κ1) is 14.6. The number of fused-ring (bicyclic) bond motifs is 1. The minimum absolute atomic E-state index is 0.294. The van der Waals surface area contributed by atoms with Gasteiger partial charge in [0, 0.05) is 0 Å². The number of hydrogen-bond acceptors (Lipinski definition) is 9. The van der Waals surface area contributed by atoms with E-state index < -0.39 is 0 Å². The third-order valence-corrected chi connectivity index (χ3v) is 3.58. The van der Waals surface area contributed by atoms with Crippen molar-refractivity contribution < 1.29 is 0 Å². The highest BCUT2D eigenvalue weighted by atomic mass is 15.5. The van der Waals surface area contributed by atoms with Crippen LogP contribution >= 0.6 is 0 Å². The maximum Gasteiger partial charge on any atom is 0.255 e. The number of nitrogens with zero attached hydrogens (tertiary/aromatic N) is 9. The van der Waals surface area contributed by atoms with Crippen molar-refractivity contribution in [2.45, 2.75) is 13.8 Å². The van der Waals surface area contributed by atoms with Crippen LogP contribution in [0.15, 0.2) is 19.0 Å². The van der Waals surface area contributed by atoms with Crippen molar-refractivity contribution in [1.82, 2.24) is 44.5 Å². The molecule has 0 unspecified atom stereocenters. The number of hydrazine groups is 1. The maximum atomic E-state index is 9.45. The predicted molar refractivity (Wildman–Crippen MR) is 85.7 cm³/mol. The average molecular weight is 336 g/mol. The first-order chi connectivity index (χ1) is 12.2. The van der Waals surface area contributed by atoms with Crippen LogP contribution in [0.1, 0.15) is 17.0 Å². The molecule has 4 heterocycles. The fourth-order valence-corrected chi connectivity index (χ4v) is 2.43. The number of nitriles is 1. The molecule has 0 saturated heterocycles. The molecule has 12 nitrogen and oxygen atoms in total. The third-order valence-electron chi connectivity index (χ3n) is 3.58. The molecule has 0 aliphatic carbocycles. The Balaban J connectivity index is 1.74. The van der Waals surface area contributed by atoms with E-state index in [1.165, 1.54) is 17.3 Å². The molecule has 3 N–H and O–H groups in total. The minimum Gasteiger partial charge on any atom is -0.294 e. The van der Waals surface area contributed by atoms with Crippen molar-refractivity contribution in [3.8, 4) is 12.0 Å². The lowest BCUT2D eigenvalue weighted by molar-refractivity contribution is 0.789. The highest BCUT2D eigenvalue weighted by Gasteiger charge is 2.19. The van der Waals surface area contributed by atoms with Crippen LogP contribution in [-0.4, -0.2) is 44.5 Å². The highest BCUT2D eigenvalue weighted by Crippen LogP contribution is 2.23. The van der Waals surface area contributed by atoms with Crippen molar-refractivity contribution in [3.63, 3.8) is 0 Å².